The fourth-order valence-corrected chi connectivity index (χ4v) is 2.93. The van der Waals surface area contributed by atoms with Gasteiger partial charge < -0.3 is 14.6 Å². The predicted octanol–water partition coefficient (Wildman–Crippen LogP) is 3.88. The zero-order chi connectivity index (χ0) is 21.1. The average Bonchev–Trinajstić information content (AvgIpc) is 3.13. The van der Waals surface area contributed by atoms with Gasteiger partial charge in [0.15, 0.2) is 17.4 Å². The van der Waals surface area contributed by atoms with Crippen LogP contribution in [0.2, 0.25) is 0 Å². The van der Waals surface area contributed by atoms with E-state index in [0.29, 0.717) is 5.56 Å². The van der Waals surface area contributed by atoms with Crippen LogP contribution >= 0.6 is 0 Å². The molecule has 0 spiro atoms. The van der Waals surface area contributed by atoms with Gasteiger partial charge >= 0.3 is 0 Å². The van der Waals surface area contributed by atoms with Gasteiger partial charge in [0.1, 0.15) is 5.69 Å². The molecular formula is C20H19FN4O4. The largest absolute Gasteiger partial charge is 0.494 e. The molecule has 0 aliphatic carbocycles. The summed E-state index contributed by atoms with van der Waals surface area (Å²) in [5.41, 5.74) is 0.700. The Morgan fingerprint density at radius 1 is 1.31 bits per heavy atom. The summed E-state index contributed by atoms with van der Waals surface area (Å²) in [5, 5.41) is 14.6. The molecule has 0 aliphatic rings. The molecule has 1 N–H and O–H groups in total. The van der Waals surface area contributed by atoms with E-state index in [1.54, 1.807) is 30.8 Å². The summed E-state index contributed by atoms with van der Waals surface area (Å²) >= 11 is 0. The maximum Gasteiger partial charge on any atom is 0.293 e. The number of aryl methyl sites for hydroxylation is 1. The quantitative estimate of drug-likeness (QED) is 0.368. The lowest BCUT2D eigenvalue weighted by Crippen LogP contribution is -2.11. The molecule has 0 radical (unpaired) electrons. The van der Waals surface area contributed by atoms with Crippen molar-refractivity contribution >= 4 is 17.2 Å². The van der Waals surface area contributed by atoms with Crippen LogP contribution in [0.4, 0.5) is 15.8 Å². The molecule has 9 heteroatoms. The van der Waals surface area contributed by atoms with Crippen molar-refractivity contribution in [3.8, 4) is 5.75 Å². The Hall–Kier alpha value is -3.75. The molecule has 29 heavy (non-hydrogen) atoms. The number of hydrogen-bond donors (Lipinski definition) is 1. The zero-order valence-corrected chi connectivity index (χ0v) is 16.0. The van der Waals surface area contributed by atoms with Crippen molar-refractivity contribution in [2.75, 3.05) is 12.4 Å². The summed E-state index contributed by atoms with van der Waals surface area (Å²) in [7, 11) is 3.04. The van der Waals surface area contributed by atoms with Gasteiger partial charge in [-0.25, -0.2) is 9.37 Å². The number of ether oxygens (including phenoxy) is 1. The minimum Gasteiger partial charge on any atom is -0.494 e. The number of aromatic nitrogens is 2. The number of methoxy groups -OCH3 is 1. The minimum atomic E-state index is -0.571. The number of nitrogens with zero attached hydrogens (tertiary/aromatic N) is 3. The molecular weight excluding hydrogens is 379 g/mol. The lowest BCUT2D eigenvalue weighted by molar-refractivity contribution is -0.384. The lowest BCUT2D eigenvalue weighted by Gasteiger charge is -2.17. The molecule has 0 bridgehead atoms. The number of nitro benzene ring substituents is 1. The number of rotatable bonds is 7. The molecule has 0 aliphatic heterocycles. The molecule has 0 unspecified atom stereocenters. The molecule has 3 aromatic rings. The number of ketones is 1. The molecule has 1 heterocycles. The number of nitrogens with one attached hydrogen (secondary N) is 1. The van der Waals surface area contributed by atoms with E-state index in [0.717, 1.165) is 0 Å². The Kier molecular flexibility index (Phi) is 5.58. The standard InChI is InChI=1S/C20H19FN4O4/c1-12(13-5-7-18(29-3)15(21)10-13)23-16-6-4-14(11-17(16)25(27)28)19(26)20-22-8-9-24(20)2/h4-12,23H,1-3H3/t12-/m0/s1. The Balaban J connectivity index is 1.89. The van der Waals surface area contributed by atoms with E-state index in [1.165, 1.54) is 43.6 Å². The van der Waals surface area contributed by atoms with Gasteiger partial charge in [0.2, 0.25) is 5.78 Å². The van der Waals surface area contributed by atoms with Crippen LogP contribution in [0.5, 0.6) is 5.75 Å². The third kappa shape index (κ3) is 4.08. The van der Waals surface area contributed by atoms with Crippen molar-refractivity contribution in [3.63, 3.8) is 0 Å². The molecule has 1 aromatic heterocycles. The number of carbonyl (C=O) groups is 1. The number of benzene rings is 2. The molecule has 0 saturated heterocycles. The van der Waals surface area contributed by atoms with Crippen molar-refractivity contribution in [1.29, 1.82) is 0 Å². The van der Waals surface area contributed by atoms with Crippen LogP contribution in [0.1, 0.15) is 34.7 Å². The number of halogens is 1. The van der Waals surface area contributed by atoms with Gasteiger partial charge in [-0.15, -0.1) is 0 Å². The van der Waals surface area contributed by atoms with E-state index in [9.17, 15) is 19.3 Å². The zero-order valence-electron chi connectivity index (χ0n) is 16.0. The number of imidazole rings is 1. The van der Waals surface area contributed by atoms with E-state index in [2.05, 4.69) is 10.3 Å². The number of nitro groups is 1. The van der Waals surface area contributed by atoms with Crippen molar-refractivity contribution in [3.05, 3.63) is 81.7 Å². The van der Waals surface area contributed by atoms with Crippen LogP contribution in [0, 0.1) is 15.9 Å². The number of hydrogen-bond acceptors (Lipinski definition) is 6. The molecule has 3 rings (SSSR count). The highest BCUT2D eigenvalue weighted by Gasteiger charge is 2.22. The van der Waals surface area contributed by atoms with Crippen molar-refractivity contribution < 1.29 is 18.8 Å². The van der Waals surface area contributed by atoms with Crippen LogP contribution < -0.4 is 10.1 Å². The molecule has 150 valence electrons. The monoisotopic (exact) mass is 398 g/mol. The first-order valence-corrected chi connectivity index (χ1v) is 8.72. The highest BCUT2D eigenvalue weighted by Crippen LogP contribution is 2.31. The van der Waals surface area contributed by atoms with E-state index < -0.39 is 22.6 Å². The van der Waals surface area contributed by atoms with Crippen molar-refractivity contribution in [1.82, 2.24) is 9.55 Å². The van der Waals surface area contributed by atoms with Crippen LogP contribution in [-0.4, -0.2) is 27.4 Å². The second-order valence-corrected chi connectivity index (χ2v) is 6.44. The van der Waals surface area contributed by atoms with Gasteiger partial charge in [-0.05, 0) is 36.8 Å². The fourth-order valence-electron chi connectivity index (χ4n) is 2.93. The second-order valence-electron chi connectivity index (χ2n) is 6.44. The Morgan fingerprint density at radius 3 is 2.66 bits per heavy atom. The summed E-state index contributed by atoms with van der Waals surface area (Å²) in [6.45, 7) is 1.75. The van der Waals surface area contributed by atoms with Crippen LogP contribution in [-0.2, 0) is 7.05 Å². The van der Waals surface area contributed by atoms with Crippen LogP contribution in [0.3, 0.4) is 0 Å². The van der Waals surface area contributed by atoms with E-state index >= 15 is 0 Å². The van der Waals surface area contributed by atoms with Gasteiger partial charge in [0, 0.05) is 37.1 Å². The van der Waals surface area contributed by atoms with E-state index in [4.69, 9.17) is 4.74 Å². The van der Waals surface area contributed by atoms with Gasteiger partial charge in [-0.2, -0.15) is 0 Å². The summed E-state index contributed by atoms with van der Waals surface area (Å²) in [6.07, 6.45) is 3.10. The Bertz CT molecular complexity index is 1080. The number of anilines is 1. The normalized spacial score (nSPS) is 11.7. The first-order valence-electron chi connectivity index (χ1n) is 8.72. The van der Waals surface area contributed by atoms with Crippen LogP contribution in [0.25, 0.3) is 0 Å². The Labute approximate surface area is 166 Å². The fraction of sp³-hybridized carbons (Fsp3) is 0.200. The van der Waals surface area contributed by atoms with Gasteiger partial charge in [-0.3, -0.25) is 14.9 Å². The third-order valence-corrected chi connectivity index (χ3v) is 4.53. The second kappa shape index (κ2) is 8.09. The predicted molar refractivity (Wildman–Crippen MR) is 105 cm³/mol. The summed E-state index contributed by atoms with van der Waals surface area (Å²) in [5.74, 6) is -0.646. The maximum absolute atomic E-state index is 14.0. The molecule has 0 amide bonds. The topological polar surface area (TPSA) is 99.3 Å². The van der Waals surface area contributed by atoms with E-state index in [-0.39, 0.29) is 28.5 Å². The first-order chi connectivity index (χ1) is 13.8. The highest BCUT2D eigenvalue weighted by molar-refractivity contribution is 6.07. The minimum absolute atomic E-state index is 0.115. The molecule has 1 atom stereocenters. The lowest BCUT2D eigenvalue weighted by atomic mass is 10.1. The third-order valence-electron chi connectivity index (χ3n) is 4.53. The van der Waals surface area contributed by atoms with Crippen molar-refractivity contribution in [2.45, 2.75) is 13.0 Å². The first kappa shape index (κ1) is 20.0. The SMILES string of the molecule is COc1ccc([C@H](C)Nc2ccc(C(=O)c3nccn3C)cc2[N+](=O)[O-])cc1F. The van der Waals surface area contributed by atoms with Crippen molar-refractivity contribution in [2.24, 2.45) is 7.05 Å². The van der Waals surface area contributed by atoms with Gasteiger partial charge in [0.25, 0.3) is 5.69 Å². The summed E-state index contributed by atoms with van der Waals surface area (Å²) < 4.78 is 20.4. The molecule has 2 aromatic carbocycles. The highest BCUT2D eigenvalue weighted by atomic mass is 19.1. The average molecular weight is 398 g/mol. The molecule has 0 saturated carbocycles. The van der Waals surface area contributed by atoms with Gasteiger partial charge in [0.05, 0.1) is 12.0 Å². The summed E-state index contributed by atoms with van der Waals surface area (Å²) in [4.78, 5) is 27.5. The molecule has 8 nitrogen and oxygen atoms in total. The van der Waals surface area contributed by atoms with Gasteiger partial charge in [-0.1, -0.05) is 6.07 Å². The van der Waals surface area contributed by atoms with Crippen LogP contribution in [0.15, 0.2) is 48.8 Å². The molecule has 0 fully saturated rings. The number of carbonyl (C=O) groups excluding carboxylic acids is 1. The smallest absolute Gasteiger partial charge is 0.293 e. The summed E-state index contributed by atoms with van der Waals surface area (Å²) in [6, 6.07) is 8.21. The van der Waals surface area contributed by atoms with E-state index in [1.807, 2.05) is 0 Å². The Morgan fingerprint density at radius 2 is 2.07 bits per heavy atom. The maximum atomic E-state index is 14.0.